The van der Waals surface area contributed by atoms with Crippen LogP contribution in [0.3, 0.4) is 0 Å². The molecule has 0 aromatic carbocycles. The van der Waals surface area contributed by atoms with E-state index in [-0.39, 0.29) is 17.5 Å². The van der Waals surface area contributed by atoms with Crippen molar-refractivity contribution in [3.05, 3.63) is 0 Å². The van der Waals surface area contributed by atoms with Crippen LogP contribution < -0.4 is 5.73 Å². The zero-order chi connectivity index (χ0) is 10.3. The normalized spacial score (nSPS) is 14.4. The maximum atomic E-state index is 11.3. The van der Waals surface area contributed by atoms with Crippen molar-refractivity contribution in [3.8, 4) is 0 Å². The molecule has 13 heavy (non-hydrogen) atoms. The van der Waals surface area contributed by atoms with Crippen LogP contribution in [0, 0.1) is 0 Å². The Kier molecular flexibility index (Phi) is 6.81. The zero-order valence-electron chi connectivity index (χ0n) is 8.32. The Morgan fingerprint density at radius 3 is 2.46 bits per heavy atom. The Morgan fingerprint density at radius 1 is 1.38 bits per heavy atom. The van der Waals surface area contributed by atoms with E-state index in [2.05, 4.69) is 0 Å². The van der Waals surface area contributed by atoms with E-state index < -0.39 is 9.84 Å². The first-order valence-corrected chi connectivity index (χ1v) is 7.49. The molecular weight excluding hydrogens is 206 g/mol. The van der Waals surface area contributed by atoms with Gasteiger partial charge in [-0.15, -0.1) is 0 Å². The highest BCUT2D eigenvalue weighted by Gasteiger charge is 2.10. The minimum absolute atomic E-state index is 0.0198. The number of nitrogens with two attached hydrogens (primary N) is 1. The zero-order valence-corrected chi connectivity index (χ0v) is 9.96. The summed E-state index contributed by atoms with van der Waals surface area (Å²) in [6.45, 7) is 3.86. The maximum Gasteiger partial charge on any atom is 0.151 e. The maximum absolute atomic E-state index is 11.3. The number of sulfone groups is 1. The van der Waals surface area contributed by atoms with E-state index in [0.29, 0.717) is 12.2 Å². The fraction of sp³-hybridized carbons (Fsp3) is 1.00. The summed E-state index contributed by atoms with van der Waals surface area (Å²) >= 11 is 1.66. The van der Waals surface area contributed by atoms with Gasteiger partial charge in [0.15, 0.2) is 9.84 Å². The van der Waals surface area contributed by atoms with E-state index in [9.17, 15) is 8.42 Å². The molecule has 0 aliphatic rings. The standard InChI is InChI=1S/C8H19NO2S2/c1-3-12-5-7-13(10,11)6-4-8(2)9/h8H,3-7,9H2,1-2H3. The van der Waals surface area contributed by atoms with E-state index in [1.54, 1.807) is 11.8 Å². The monoisotopic (exact) mass is 225 g/mol. The van der Waals surface area contributed by atoms with Gasteiger partial charge in [0.05, 0.1) is 11.5 Å². The fourth-order valence-electron chi connectivity index (χ4n) is 0.798. The summed E-state index contributed by atoms with van der Waals surface area (Å²) in [6, 6.07) is -0.0198. The topological polar surface area (TPSA) is 60.2 Å². The molecule has 80 valence electrons. The first-order valence-electron chi connectivity index (χ1n) is 4.51. The van der Waals surface area contributed by atoms with Crippen LogP contribution in [-0.2, 0) is 9.84 Å². The highest BCUT2D eigenvalue weighted by Crippen LogP contribution is 2.03. The smallest absolute Gasteiger partial charge is 0.151 e. The molecule has 0 heterocycles. The molecule has 0 fully saturated rings. The molecule has 1 unspecified atom stereocenters. The van der Waals surface area contributed by atoms with Crippen LogP contribution in [0.15, 0.2) is 0 Å². The van der Waals surface area contributed by atoms with Gasteiger partial charge in [-0.3, -0.25) is 0 Å². The number of hydrogen-bond acceptors (Lipinski definition) is 4. The summed E-state index contributed by atoms with van der Waals surface area (Å²) in [4.78, 5) is 0. The minimum atomic E-state index is -2.85. The molecule has 0 amide bonds. The Labute approximate surface area is 85.4 Å². The van der Waals surface area contributed by atoms with E-state index in [4.69, 9.17) is 5.73 Å². The van der Waals surface area contributed by atoms with Crippen LogP contribution in [-0.4, -0.2) is 37.5 Å². The molecule has 0 spiro atoms. The van der Waals surface area contributed by atoms with Gasteiger partial charge >= 0.3 is 0 Å². The predicted octanol–water partition coefficient (Wildman–Crippen LogP) is 0.892. The Hall–Kier alpha value is 0.260. The minimum Gasteiger partial charge on any atom is -0.328 e. The van der Waals surface area contributed by atoms with E-state index in [0.717, 1.165) is 5.75 Å². The lowest BCUT2D eigenvalue weighted by Gasteiger charge is -2.05. The van der Waals surface area contributed by atoms with Crippen molar-refractivity contribution in [2.24, 2.45) is 5.73 Å². The van der Waals surface area contributed by atoms with Crippen LogP contribution in [0.2, 0.25) is 0 Å². The molecule has 5 heteroatoms. The molecule has 0 aliphatic heterocycles. The van der Waals surface area contributed by atoms with Gasteiger partial charge in [-0.25, -0.2) is 8.42 Å². The third-order valence-electron chi connectivity index (χ3n) is 1.63. The van der Waals surface area contributed by atoms with Crippen LogP contribution in [0.25, 0.3) is 0 Å². The molecule has 0 saturated heterocycles. The molecule has 0 saturated carbocycles. The van der Waals surface area contributed by atoms with E-state index in [1.165, 1.54) is 0 Å². The molecule has 0 bridgehead atoms. The molecule has 0 aromatic rings. The molecule has 3 nitrogen and oxygen atoms in total. The van der Waals surface area contributed by atoms with Crippen molar-refractivity contribution >= 4 is 21.6 Å². The first kappa shape index (κ1) is 13.3. The van der Waals surface area contributed by atoms with Gasteiger partial charge in [0, 0.05) is 11.8 Å². The summed E-state index contributed by atoms with van der Waals surface area (Å²) in [5.74, 6) is 2.20. The molecule has 0 radical (unpaired) electrons. The summed E-state index contributed by atoms with van der Waals surface area (Å²) in [6.07, 6.45) is 0.569. The second-order valence-electron chi connectivity index (χ2n) is 3.11. The molecule has 2 N–H and O–H groups in total. The molecular formula is C8H19NO2S2. The summed E-state index contributed by atoms with van der Waals surface area (Å²) in [5, 5.41) is 0. The quantitative estimate of drug-likeness (QED) is 0.654. The molecule has 1 atom stereocenters. The van der Waals surface area contributed by atoms with Crippen molar-refractivity contribution in [1.82, 2.24) is 0 Å². The lowest BCUT2D eigenvalue weighted by molar-refractivity contribution is 0.589. The van der Waals surface area contributed by atoms with Crippen LogP contribution in [0.5, 0.6) is 0 Å². The van der Waals surface area contributed by atoms with Crippen molar-refractivity contribution in [1.29, 1.82) is 0 Å². The van der Waals surface area contributed by atoms with Crippen molar-refractivity contribution in [3.63, 3.8) is 0 Å². The lowest BCUT2D eigenvalue weighted by Crippen LogP contribution is -2.22. The Morgan fingerprint density at radius 2 is 2.00 bits per heavy atom. The van der Waals surface area contributed by atoms with Crippen molar-refractivity contribution in [2.75, 3.05) is 23.0 Å². The summed E-state index contributed by atoms with van der Waals surface area (Å²) < 4.78 is 22.7. The van der Waals surface area contributed by atoms with Crippen LogP contribution in [0.1, 0.15) is 20.3 Å². The Bertz CT molecular complexity index is 212. The fourth-order valence-corrected chi connectivity index (χ4v) is 3.51. The lowest BCUT2D eigenvalue weighted by atomic mass is 10.3. The highest BCUT2D eigenvalue weighted by atomic mass is 32.2. The van der Waals surface area contributed by atoms with E-state index in [1.807, 2.05) is 13.8 Å². The summed E-state index contributed by atoms with van der Waals surface area (Å²) in [7, 11) is -2.85. The van der Waals surface area contributed by atoms with Crippen LogP contribution in [0.4, 0.5) is 0 Å². The number of rotatable bonds is 7. The summed E-state index contributed by atoms with van der Waals surface area (Å²) in [5.41, 5.74) is 5.48. The predicted molar refractivity (Wildman–Crippen MR) is 59.9 cm³/mol. The number of thioether (sulfide) groups is 1. The van der Waals surface area contributed by atoms with Gasteiger partial charge in [-0.2, -0.15) is 11.8 Å². The largest absolute Gasteiger partial charge is 0.328 e. The second-order valence-corrected chi connectivity index (χ2v) is 6.81. The van der Waals surface area contributed by atoms with Crippen molar-refractivity contribution in [2.45, 2.75) is 26.3 Å². The van der Waals surface area contributed by atoms with Gasteiger partial charge in [-0.05, 0) is 19.1 Å². The third kappa shape index (κ3) is 8.59. The number of hydrogen-bond donors (Lipinski definition) is 1. The molecule has 0 rings (SSSR count). The molecule has 0 aliphatic carbocycles. The first-order chi connectivity index (χ1) is 5.98. The average molecular weight is 225 g/mol. The Balaban J connectivity index is 3.68. The van der Waals surface area contributed by atoms with Gasteiger partial charge < -0.3 is 5.73 Å². The van der Waals surface area contributed by atoms with Crippen molar-refractivity contribution < 1.29 is 8.42 Å². The SMILES string of the molecule is CCSCCS(=O)(=O)CCC(C)N. The third-order valence-corrected chi connectivity index (χ3v) is 4.47. The van der Waals surface area contributed by atoms with Crippen LogP contribution >= 0.6 is 11.8 Å². The second kappa shape index (κ2) is 6.68. The van der Waals surface area contributed by atoms with Gasteiger partial charge in [0.2, 0.25) is 0 Å². The van der Waals surface area contributed by atoms with Gasteiger partial charge in [-0.1, -0.05) is 6.92 Å². The van der Waals surface area contributed by atoms with Gasteiger partial charge in [0.25, 0.3) is 0 Å². The van der Waals surface area contributed by atoms with E-state index >= 15 is 0 Å². The van der Waals surface area contributed by atoms with Gasteiger partial charge in [0.1, 0.15) is 0 Å². The average Bonchev–Trinajstić information content (AvgIpc) is 2.02. The molecule has 0 aromatic heterocycles. The highest BCUT2D eigenvalue weighted by molar-refractivity contribution is 8.00.